The van der Waals surface area contributed by atoms with Crippen molar-refractivity contribution in [3.63, 3.8) is 0 Å². The van der Waals surface area contributed by atoms with Crippen LogP contribution < -0.4 is 0 Å². The van der Waals surface area contributed by atoms with Crippen molar-refractivity contribution in [1.82, 2.24) is 14.7 Å². The molecular weight excluding hydrogens is 385 g/mol. The van der Waals surface area contributed by atoms with Gasteiger partial charge in [0.2, 0.25) is 0 Å². The van der Waals surface area contributed by atoms with Gasteiger partial charge >= 0.3 is 6.09 Å². The third kappa shape index (κ3) is 4.08. The van der Waals surface area contributed by atoms with E-state index in [2.05, 4.69) is 0 Å². The number of carbonyl (C=O) groups is 1. The van der Waals surface area contributed by atoms with Gasteiger partial charge in [-0.05, 0) is 71.2 Å². The van der Waals surface area contributed by atoms with Crippen molar-refractivity contribution >= 4 is 6.09 Å². The lowest BCUT2D eigenvalue weighted by molar-refractivity contribution is 0.0155. The highest BCUT2D eigenvalue weighted by Gasteiger charge is 2.37. The molecule has 30 heavy (non-hydrogen) atoms. The Balaban J connectivity index is 2.11. The minimum Gasteiger partial charge on any atom is -0.444 e. The summed E-state index contributed by atoms with van der Waals surface area (Å²) in [5.74, 6) is -0.238. The minimum atomic E-state index is -0.757. The predicted molar refractivity (Wildman–Crippen MR) is 113 cm³/mol. The molecule has 2 atom stereocenters. The van der Waals surface area contributed by atoms with Crippen LogP contribution in [-0.2, 0) is 11.2 Å². The topological polar surface area (TPSA) is 67.6 Å². The Kier molecular flexibility index (Phi) is 5.96. The lowest BCUT2D eigenvalue weighted by Crippen LogP contribution is -2.42. The summed E-state index contributed by atoms with van der Waals surface area (Å²) in [7, 11) is 0. The number of aliphatic hydroxyl groups is 1. The van der Waals surface area contributed by atoms with Crippen LogP contribution in [0.1, 0.15) is 81.3 Å². The molecule has 1 aromatic heterocycles. The number of halogens is 1. The fourth-order valence-electron chi connectivity index (χ4n) is 4.03. The van der Waals surface area contributed by atoms with Crippen LogP contribution in [0.25, 0.3) is 5.69 Å². The first kappa shape index (κ1) is 22.3. The van der Waals surface area contributed by atoms with E-state index in [0.29, 0.717) is 41.9 Å². The zero-order valence-corrected chi connectivity index (χ0v) is 18.9. The molecule has 1 aliphatic heterocycles. The van der Waals surface area contributed by atoms with Gasteiger partial charge < -0.3 is 14.7 Å². The van der Waals surface area contributed by atoms with Crippen LogP contribution in [0.5, 0.6) is 0 Å². The van der Waals surface area contributed by atoms with E-state index in [1.54, 1.807) is 35.6 Å². The summed E-state index contributed by atoms with van der Waals surface area (Å²) in [5.41, 5.74) is 3.53. The maximum atomic E-state index is 14.2. The molecule has 3 rings (SSSR count). The van der Waals surface area contributed by atoms with Gasteiger partial charge in [-0.3, -0.25) is 0 Å². The summed E-state index contributed by atoms with van der Waals surface area (Å²) >= 11 is 0. The van der Waals surface area contributed by atoms with Crippen LogP contribution in [0.2, 0.25) is 0 Å². The molecule has 6 nitrogen and oxygen atoms in total. The monoisotopic (exact) mass is 417 g/mol. The van der Waals surface area contributed by atoms with Gasteiger partial charge in [-0.15, -0.1) is 0 Å². The SMILES string of the molecule is CCC(O)c1c2c(nn1-c1cc(C)c(F)c(C)c1)CCN(C(=O)OC(C)(C)C)[C@H]2C. The number of amides is 1. The Morgan fingerprint density at radius 3 is 2.47 bits per heavy atom. The Morgan fingerprint density at radius 1 is 1.33 bits per heavy atom. The molecule has 0 radical (unpaired) electrons. The van der Waals surface area contributed by atoms with Gasteiger partial charge in [0.15, 0.2) is 0 Å². The first-order chi connectivity index (χ1) is 13.9. The number of benzene rings is 1. The van der Waals surface area contributed by atoms with E-state index >= 15 is 0 Å². The van der Waals surface area contributed by atoms with E-state index in [9.17, 15) is 14.3 Å². The third-order valence-electron chi connectivity index (χ3n) is 5.51. The van der Waals surface area contributed by atoms with E-state index in [1.807, 2.05) is 34.6 Å². The van der Waals surface area contributed by atoms with Gasteiger partial charge in [0.05, 0.1) is 29.2 Å². The molecule has 0 bridgehead atoms. The fraction of sp³-hybridized carbons (Fsp3) is 0.565. The number of hydrogen-bond donors (Lipinski definition) is 1. The molecule has 1 N–H and O–H groups in total. The van der Waals surface area contributed by atoms with Crippen LogP contribution in [0.4, 0.5) is 9.18 Å². The second-order valence-corrected chi connectivity index (χ2v) is 9.07. The zero-order valence-electron chi connectivity index (χ0n) is 18.9. The van der Waals surface area contributed by atoms with Crippen LogP contribution in [0.3, 0.4) is 0 Å². The summed E-state index contributed by atoms with van der Waals surface area (Å²) in [6.45, 7) is 13.3. The van der Waals surface area contributed by atoms with E-state index < -0.39 is 11.7 Å². The molecular formula is C23H32FN3O3. The van der Waals surface area contributed by atoms with Crippen molar-refractivity contribution in [2.24, 2.45) is 0 Å². The van der Waals surface area contributed by atoms with E-state index in [-0.39, 0.29) is 18.0 Å². The highest BCUT2D eigenvalue weighted by atomic mass is 19.1. The summed E-state index contributed by atoms with van der Waals surface area (Å²) in [4.78, 5) is 14.4. The number of aromatic nitrogens is 2. The molecule has 164 valence electrons. The predicted octanol–water partition coefficient (Wildman–Crippen LogP) is 4.93. The molecule has 0 saturated carbocycles. The zero-order chi connectivity index (χ0) is 22.4. The summed E-state index contributed by atoms with van der Waals surface area (Å²) in [5, 5.41) is 15.6. The van der Waals surface area contributed by atoms with Gasteiger partial charge in [-0.2, -0.15) is 5.10 Å². The van der Waals surface area contributed by atoms with E-state index in [1.165, 1.54) is 0 Å². The fourth-order valence-corrected chi connectivity index (χ4v) is 4.03. The van der Waals surface area contributed by atoms with Gasteiger partial charge in [0.1, 0.15) is 11.4 Å². The highest BCUT2D eigenvalue weighted by Crippen LogP contribution is 2.38. The second-order valence-electron chi connectivity index (χ2n) is 9.07. The van der Waals surface area contributed by atoms with Crippen molar-refractivity contribution in [2.75, 3.05) is 6.54 Å². The summed E-state index contributed by atoms with van der Waals surface area (Å²) in [6.07, 6.45) is -0.0722. The highest BCUT2D eigenvalue weighted by molar-refractivity contribution is 5.69. The van der Waals surface area contributed by atoms with Crippen molar-refractivity contribution in [1.29, 1.82) is 0 Å². The van der Waals surface area contributed by atoms with Crippen LogP contribution in [-0.4, -0.2) is 38.0 Å². The first-order valence-corrected chi connectivity index (χ1v) is 10.5. The maximum absolute atomic E-state index is 14.2. The molecule has 2 heterocycles. The molecule has 0 aliphatic carbocycles. The minimum absolute atomic E-state index is 0.238. The molecule has 1 unspecified atom stereocenters. The van der Waals surface area contributed by atoms with Gasteiger partial charge in [-0.25, -0.2) is 13.9 Å². The third-order valence-corrected chi connectivity index (χ3v) is 5.51. The number of nitrogens with zero attached hydrogens (tertiary/aromatic N) is 3. The normalized spacial score (nSPS) is 17.6. The standard InChI is InChI=1S/C23H32FN3O3/c1-8-18(28)21-19-15(4)26(22(29)30-23(5,6)7)10-9-17(19)25-27(21)16-11-13(2)20(24)14(3)12-16/h11-12,15,18,28H,8-10H2,1-7H3/t15-,18?/m0/s1. The number of rotatable bonds is 3. The molecule has 7 heteroatoms. The van der Waals surface area contributed by atoms with Crippen molar-refractivity contribution in [3.05, 3.63) is 46.0 Å². The number of ether oxygens (including phenoxy) is 1. The number of aliphatic hydroxyl groups excluding tert-OH is 1. The van der Waals surface area contributed by atoms with Crippen LogP contribution >= 0.6 is 0 Å². The number of carbonyl (C=O) groups excluding carboxylic acids is 1. The largest absolute Gasteiger partial charge is 0.444 e. The van der Waals surface area contributed by atoms with Crippen molar-refractivity contribution in [3.8, 4) is 5.69 Å². The Bertz CT molecular complexity index is 938. The Morgan fingerprint density at radius 2 is 1.93 bits per heavy atom. The van der Waals surface area contributed by atoms with Crippen LogP contribution in [0, 0.1) is 19.7 Å². The number of aryl methyl sites for hydroxylation is 2. The van der Waals surface area contributed by atoms with E-state index in [4.69, 9.17) is 9.84 Å². The molecule has 1 aliphatic rings. The van der Waals surface area contributed by atoms with Gasteiger partial charge in [0, 0.05) is 18.5 Å². The quantitative estimate of drug-likeness (QED) is 0.769. The maximum Gasteiger partial charge on any atom is 0.410 e. The lowest BCUT2D eigenvalue weighted by Gasteiger charge is -2.35. The molecule has 2 aromatic rings. The molecule has 1 amide bonds. The Hall–Kier alpha value is -2.41. The second kappa shape index (κ2) is 8.02. The van der Waals surface area contributed by atoms with Crippen molar-refractivity contribution in [2.45, 2.75) is 79.1 Å². The van der Waals surface area contributed by atoms with Crippen LogP contribution in [0.15, 0.2) is 12.1 Å². The molecule has 0 saturated heterocycles. The first-order valence-electron chi connectivity index (χ1n) is 10.5. The Labute approximate surface area is 177 Å². The summed E-state index contributed by atoms with van der Waals surface area (Å²) < 4.78 is 21.5. The van der Waals surface area contributed by atoms with Gasteiger partial charge in [0.25, 0.3) is 0 Å². The number of fused-ring (bicyclic) bond motifs is 1. The molecule has 0 spiro atoms. The average molecular weight is 418 g/mol. The molecule has 1 aromatic carbocycles. The lowest BCUT2D eigenvalue weighted by atomic mass is 9.95. The van der Waals surface area contributed by atoms with E-state index in [0.717, 1.165) is 11.3 Å². The van der Waals surface area contributed by atoms with Crippen molar-refractivity contribution < 1.29 is 19.0 Å². The smallest absolute Gasteiger partial charge is 0.410 e. The summed E-state index contributed by atoms with van der Waals surface area (Å²) in [6, 6.07) is 3.18. The average Bonchev–Trinajstić information content (AvgIpc) is 3.04. The van der Waals surface area contributed by atoms with Gasteiger partial charge in [-0.1, -0.05) is 6.92 Å². The molecule has 0 fully saturated rings. The number of hydrogen-bond acceptors (Lipinski definition) is 4.